The molecule has 2 aliphatic rings. The number of nitrogens with one attached hydrogen (secondary N) is 2. The van der Waals surface area contributed by atoms with E-state index in [0.29, 0.717) is 18.1 Å². The number of rotatable bonds is 8. The summed E-state index contributed by atoms with van der Waals surface area (Å²) in [6.45, 7) is 3.04. The van der Waals surface area contributed by atoms with Gasteiger partial charge in [-0.05, 0) is 73.8 Å². The zero-order valence-corrected chi connectivity index (χ0v) is 21.4. The van der Waals surface area contributed by atoms with Crippen molar-refractivity contribution in [3.63, 3.8) is 0 Å². The van der Waals surface area contributed by atoms with Crippen molar-refractivity contribution in [3.05, 3.63) is 88.7 Å². The van der Waals surface area contributed by atoms with E-state index in [-0.39, 0.29) is 23.8 Å². The van der Waals surface area contributed by atoms with Gasteiger partial charge in [0.2, 0.25) is 11.8 Å². The summed E-state index contributed by atoms with van der Waals surface area (Å²) in [7, 11) is 0. The van der Waals surface area contributed by atoms with Gasteiger partial charge >= 0.3 is 0 Å². The number of pyridine rings is 1. The van der Waals surface area contributed by atoms with Crippen LogP contribution in [-0.2, 0) is 16.0 Å². The number of hydrogen-bond acceptors (Lipinski definition) is 5. The molecule has 0 saturated carbocycles. The van der Waals surface area contributed by atoms with E-state index in [1.807, 2.05) is 60.7 Å². The lowest BCUT2D eigenvalue weighted by molar-refractivity contribution is -0.127. The number of nitrogens with zero attached hydrogens (tertiary/aromatic N) is 2. The van der Waals surface area contributed by atoms with Crippen LogP contribution >= 0.6 is 11.6 Å². The second-order valence-corrected chi connectivity index (χ2v) is 10.0. The van der Waals surface area contributed by atoms with Crippen molar-refractivity contribution >= 4 is 29.1 Å². The smallest absolute Gasteiger partial charge is 0.224 e. The molecule has 2 aromatic carbocycles. The maximum atomic E-state index is 13.2. The third kappa shape index (κ3) is 6.48. The Labute approximate surface area is 222 Å². The van der Waals surface area contributed by atoms with Crippen LogP contribution in [0.25, 0.3) is 0 Å². The van der Waals surface area contributed by atoms with Crippen molar-refractivity contribution in [2.75, 3.05) is 31.6 Å². The fourth-order valence-corrected chi connectivity index (χ4v) is 5.07. The number of ether oxygens (including phenoxy) is 1. The largest absolute Gasteiger partial charge is 0.492 e. The van der Waals surface area contributed by atoms with Crippen LogP contribution in [0.2, 0.25) is 5.02 Å². The summed E-state index contributed by atoms with van der Waals surface area (Å²) in [5, 5.41) is 6.80. The number of benzene rings is 2. The Morgan fingerprint density at radius 1 is 1.11 bits per heavy atom. The summed E-state index contributed by atoms with van der Waals surface area (Å²) in [6.07, 6.45) is 4.64. The van der Waals surface area contributed by atoms with Crippen LogP contribution in [0, 0.1) is 5.92 Å². The highest BCUT2D eigenvalue weighted by Crippen LogP contribution is 2.28. The molecule has 192 valence electrons. The minimum atomic E-state index is -0.321. The van der Waals surface area contributed by atoms with Gasteiger partial charge in [-0.25, -0.2) is 0 Å². The monoisotopic (exact) mass is 518 g/mol. The van der Waals surface area contributed by atoms with Crippen molar-refractivity contribution < 1.29 is 14.3 Å². The van der Waals surface area contributed by atoms with Crippen LogP contribution in [0.4, 0.5) is 5.69 Å². The van der Waals surface area contributed by atoms with Gasteiger partial charge in [-0.3, -0.25) is 19.5 Å². The first-order chi connectivity index (χ1) is 18.0. The molecule has 2 amide bonds. The van der Waals surface area contributed by atoms with E-state index >= 15 is 0 Å². The van der Waals surface area contributed by atoms with Crippen molar-refractivity contribution in [1.29, 1.82) is 0 Å². The van der Waals surface area contributed by atoms with E-state index in [1.54, 1.807) is 6.20 Å². The molecule has 2 N–H and O–H groups in total. The number of hydrogen-bond donors (Lipinski definition) is 2. The van der Waals surface area contributed by atoms with Gasteiger partial charge in [0.05, 0.1) is 11.7 Å². The van der Waals surface area contributed by atoms with Crippen LogP contribution in [0.5, 0.6) is 5.75 Å². The van der Waals surface area contributed by atoms with Crippen molar-refractivity contribution in [2.24, 2.45) is 5.92 Å². The van der Waals surface area contributed by atoms with E-state index in [2.05, 4.69) is 20.5 Å². The number of aryl methyl sites for hydroxylation is 1. The standard InChI is InChI=1S/C29H31ClN4O3/c30-23-8-4-21(5-9-23)28(25-3-1-2-14-31-25)33-29(36)22-12-15-34(16-13-22)17-18-37-24-10-6-20-7-11-27(35)32-26(20)19-24/h1-6,8-10,14,19,22,28H,7,11-13,15-18H2,(H,32,35)(H,33,36)/t28-/m0/s1. The quantitative estimate of drug-likeness (QED) is 0.455. The summed E-state index contributed by atoms with van der Waals surface area (Å²) in [6, 6.07) is 18.8. The number of carbonyl (C=O) groups is 2. The highest BCUT2D eigenvalue weighted by Gasteiger charge is 2.28. The van der Waals surface area contributed by atoms with Crippen LogP contribution < -0.4 is 15.4 Å². The van der Waals surface area contributed by atoms with E-state index in [0.717, 1.165) is 67.2 Å². The Morgan fingerprint density at radius 3 is 2.68 bits per heavy atom. The average Bonchev–Trinajstić information content (AvgIpc) is 2.93. The zero-order valence-electron chi connectivity index (χ0n) is 20.7. The highest BCUT2D eigenvalue weighted by molar-refractivity contribution is 6.30. The number of likely N-dealkylation sites (tertiary alicyclic amines) is 1. The van der Waals surface area contributed by atoms with Gasteiger partial charge < -0.3 is 15.4 Å². The third-order valence-electron chi connectivity index (χ3n) is 7.08. The molecule has 7 nitrogen and oxygen atoms in total. The lowest BCUT2D eigenvalue weighted by Crippen LogP contribution is -2.42. The number of piperidine rings is 1. The Balaban J connectivity index is 1.11. The maximum Gasteiger partial charge on any atom is 0.224 e. The number of carbonyl (C=O) groups excluding carboxylic acids is 2. The molecular weight excluding hydrogens is 488 g/mol. The lowest BCUT2D eigenvalue weighted by Gasteiger charge is -2.32. The van der Waals surface area contributed by atoms with E-state index in [4.69, 9.17) is 16.3 Å². The molecule has 37 heavy (non-hydrogen) atoms. The predicted molar refractivity (Wildman–Crippen MR) is 144 cm³/mol. The SMILES string of the molecule is O=C1CCc2ccc(OCCN3CCC(C(=O)N[C@@H](c4ccc(Cl)cc4)c4ccccn4)CC3)cc2N1. The Bertz CT molecular complexity index is 1230. The van der Waals surface area contributed by atoms with Crippen molar-refractivity contribution in [3.8, 4) is 5.75 Å². The zero-order chi connectivity index (χ0) is 25.6. The summed E-state index contributed by atoms with van der Waals surface area (Å²) >= 11 is 6.08. The first-order valence-corrected chi connectivity index (χ1v) is 13.2. The van der Waals surface area contributed by atoms with Gasteiger partial charge in [0, 0.05) is 41.9 Å². The molecule has 0 aliphatic carbocycles. The highest BCUT2D eigenvalue weighted by atomic mass is 35.5. The number of anilines is 1. The maximum absolute atomic E-state index is 13.2. The minimum Gasteiger partial charge on any atom is -0.492 e. The first kappa shape index (κ1) is 25.2. The van der Waals surface area contributed by atoms with Gasteiger partial charge in [-0.15, -0.1) is 0 Å². The second-order valence-electron chi connectivity index (χ2n) is 9.58. The number of halogens is 1. The second kappa shape index (κ2) is 11.8. The molecule has 3 heterocycles. The summed E-state index contributed by atoms with van der Waals surface area (Å²) < 4.78 is 5.95. The van der Waals surface area contributed by atoms with Crippen LogP contribution in [-0.4, -0.2) is 47.9 Å². The minimum absolute atomic E-state index is 0.0417. The number of amides is 2. The predicted octanol–water partition coefficient (Wildman–Crippen LogP) is 4.62. The number of aromatic nitrogens is 1. The Hall–Kier alpha value is -3.42. The van der Waals surface area contributed by atoms with E-state index in [9.17, 15) is 9.59 Å². The molecule has 1 fully saturated rings. The third-order valence-corrected chi connectivity index (χ3v) is 7.34. The molecule has 2 aliphatic heterocycles. The van der Waals surface area contributed by atoms with Crippen LogP contribution in [0.3, 0.4) is 0 Å². The number of fused-ring (bicyclic) bond motifs is 1. The molecule has 0 bridgehead atoms. The topological polar surface area (TPSA) is 83.6 Å². The molecule has 0 spiro atoms. The van der Waals surface area contributed by atoms with Gasteiger partial charge in [0.25, 0.3) is 0 Å². The fraction of sp³-hybridized carbons (Fsp3) is 0.345. The fourth-order valence-electron chi connectivity index (χ4n) is 4.94. The summed E-state index contributed by atoms with van der Waals surface area (Å²) in [4.78, 5) is 31.7. The van der Waals surface area contributed by atoms with Gasteiger partial charge in [0.1, 0.15) is 12.4 Å². The molecule has 1 saturated heterocycles. The average molecular weight is 519 g/mol. The normalized spacial score (nSPS) is 16.9. The van der Waals surface area contributed by atoms with Crippen LogP contribution in [0.15, 0.2) is 66.9 Å². The van der Waals surface area contributed by atoms with Crippen LogP contribution in [0.1, 0.15) is 42.1 Å². The van der Waals surface area contributed by atoms with Crippen molar-refractivity contribution in [2.45, 2.75) is 31.7 Å². The molecule has 1 aromatic heterocycles. The lowest BCUT2D eigenvalue weighted by atomic mass is 9.94. The molecule has 3 aromatic rings. The molecule has 8 heteroatoms. The molecule has 0 unspecified atom stereocenters. The molecule has 5 rings (SSSR count). The van der Waals surface area contributed by atoms with E-state index < -0.39 is 0 Å². The molecule has 1 atom stereocenters. The Morgan fingerprint density at radius 2 is 1.92 bits per heavy atom. The van der Waals surface area contributed by atoms with E-state index in [1.165, 1.54) is 0 Å². The first-order valence-electron chi connectivity index (χ1n) is 12.8. The molecule has 0 radical (unpaired) electrons. The summed E-state index contributed by atoms with van der Waals surface area (Å²) in [5.74, 6) is 0.826. The Kier molecular flexibility index (Phi) is 8.02. The van der Waals surface area contributed by atoms with Crippen molar-refractivity contribution in [1.82, 2.24) is 15.2 Å². The van der Waals surface area contributed by atoms with Gasteiger partial charge in [-0.1, -0.05) is 35.9 Å². The van der Waals surface area contributed by atoms with Gasteiger partial charge in [-0.2, -0.15) is 0 Å². The molecular formula is C29H31ClN4O3. The summed E-state index contributed by atoms with van der Waals surface area (Å²) in [5.41, 5.74) is 3.75. The van der Waals surface area contributed by atoms with Gasteiger partial charge in [0.15, 0.2) is 0 Å².